The second-order valence-corrected chi connectivity index (χ2v) is 2.71. The SMILES string of the molecule is N#CCNC(=O)CNCCc1ncon1. The third-order valence-electron chi connectivity index (χ3n) is 1.58. The lowest BCUT2D eigenvalue weighted by Gasteiger charge is -2.01. The summed E-state index contributed by atoms with van der Waals surface area (Å²) in [6.45, 7) is 0.796. The highest BCUT2D eigenvalue weighted by Gasteiger charge is 2.00. The number of hydrogen-bond acceptors (Lipinski definition) is 6. The summed E-state index contributed by atoms with van der Waals surface area (Å²) in [6, 6.07) is 1.82. The fourth-order valence-corrected chi connectivity index (χ4v) is 0.905. The van der Waals surface area contributed by atoms with Crippen molar-refractivity contribution < 1.29 is 9.32 Å². The van der Waals surface area contributed by atoms with Crippen LogP contribution in [0.15, 0.2) is 10.9 Å². The van der Waals surface area contributed by atoms with Crippen LogP contribution in [0.25, 0.3) is 0 Å². The van der Waals surface area contributed by atoms with Crippen molar-refractivity contribution in [1.29, 1.82) is 5.26 Å². The van der Waals surface area contributed by atoms with Gasteiger partial charge in [-0.2, -0.15) is 10.2 Å². The number of nitrogens with zero attached hydrogens (tertiary/aromatic N) is 3. The third-order valence-corrected chi connectivity index (χ3v) is 1.58. The highest BCUT2D eigenvalue weighted by atomic mass is 16.5. The van der Waals surface area contributed by atoms with E-state index < -0.39 is 0 Å². The Labute approximate surface area is 86.5 Å². The molecule has 0 unspecified atom stereocenters. The van der Waals surface area contributed by atoms with E-state index in [2.05, 4.69) is 25.3 Å². The molecule has 1 amide bonds. The maximum absolute atomic E-state index is 11.0. The molecular weight excluding hydrogens is 198 g/mol. The molecule has 1 heterocycles. The van der Waals surface area contributed by atoms with Crippen molar-refractivity contribution >= 4 is 5.91 Å². The molecule has 0 aliphatic heterocycles. The quantitative estimate of drug-likeness (QED) is 0.452. The molecule has 0 bridgehead atoms. The molecule has 0 aliphatic carbocycles. The molecule has 2 N–H and O–H groups in total. The zero-order chi connectivity index (χ0) is 10.9. The van der Waals surface area contributed by atoms with Crippen LogP contribution < -0.4 is 10.6 Å². The molecule has 1 aromatic heterocycles. The normalized spacial score (nSPS) is 9.53. The summed E-state index contributed by atoms with van der Waals surface area (Å²) in [4.78, 5) is 14.8. The summed E-state index contributed by atoms with van der Waals surface area (Å²) in [5.74, 6) is 0.393. The fraction of sp³-hybridized carbons (Fsp3) is 0.500. The van der Waals surface area contributed by atoms with Crippen LogP contribution in [0, 0.1) is 11.3 Å². The van der Waals surface area contributed by atoms with Gasteiger partial charge in [0.05, 0.1) is 12.6 Å². The maximum Gasteiger partial charge on any atom is 0.234 e. The molecule has 0 saturated heterocycles. The Morgan fingerprint density at radius 1 is 1.67 bits per heavy atom. The van der Waals surface area contributed by atoms with Crippen LogP contribution in [-0.2, 0) is 11.2 Å². The summed E-state index contributed by atoms with van der Waals surface area (Å²) in [5.41, 5.74) is 0. The zero-order valence-electron chi connectivity index (χ0n) is 8.06. The molecule has 80 valence electrons. The molecule has 0 saturated carbocycles. The summed E-state index contributed by atoms with van der Waals surface area (Å²) in [7, 11) is 0. The minimum absolute atomic E-state index is 0.0331. The minimum atomic E-state index is -0.204. The van der Waals surface area contributed by atoms with Gasteiger partial charge in [-0.3, -0.25) is 4.79 Å². The van der Waals surface area contributed by atoms with Crippen molar-refractivity contribution in [2.75, 3.05) is 19.6 Å². The molecule has 0 atom stereocenters. The number of nitrogens with one attached hydrogen (secondary N) is 2. The second kappa shape index (κ2) is 6.50. The molecular formula is C8H11N5O2. The van der Waals surface area contributed by atoms with Gasteiger partial charge in [-0.15, -0.1) is 0 Å². The van der Waals surface area contributed by atoms with Crippen molar-refractivity contribution in [3.63, 3.8) is 0 Å². The van der Waals surface area contributed by atoms with E-state index in [9.17, 15) is 4.79 Å². The first-order valence-electron chi connectivity index (χ1n) is 4.42. The van der Waals surface area contributed by atoms with Crippen molar-refractivity contribution in [2.24, 2.45) is 0 Å². The molecule has 1 rings (SSSR count). The van der Waals surface area contributed by atoms with Crippen LogP contribution in [-0.4, -0.2) is 35.7 Å². The molecule has 15 heavy (non-hydrogen) atoms. The Bertz CT molecular complexity index is 329. The lowest BCUT2D eigenvalue weighted by molar-refractivity contribution is -0.120. The Kier molecular flexibility index (Phi) is 4.83. The first-order chi connectivity index (χ1) is 7.33. The number of hydrogen-bond donors (Lipinski definition) is 2. The fourth-order valence-electron chi connectivity index (χ4n) is 0.905. The third kappa shape index (κ3) is 4.73. The van der Waals surface area contributed by atoms with Crippen LogP contribution in [0.5, 0.6) is 0 Å². The predicted molar refractivity (Wildman–Crippen MR) is 49.5 cm³/mol. The van der Waals surface area contributed by atoms with E-state index in [1.165, 1.54) is 6.39 Å². The van der Waals surface area contributed by atoms with Crippen LogP contribution >= 0.6 is 0 Å². The molecule has 0 aliphatic rings. The minimum Gasteiger partial charge on any atom is -0.343 e. The summed E-state index contributed by atoms with van der Waals surface area (Å²) >= 11 is 0. The van der Waals surface area contributed by atoms with Gasteiger partial charge in [-0.1, -0.05) is 5.16 Å². The van der Waals surface area contributed by atoms with Crippen LogP contribution in [0.2, 0.25) is 0 Å². The number of nitriles is 1. The largest absolute Gasteiger partial charge is 0.343 e. The molecule has 7 nitrogen and oxygen atoms in total. The Morgan fingerprint density at radius 2 is 2.53 bits per heavy atom. The van der Waals surface area contributed by atoms with Gasteiger partial charge in [0.1, 0.15) is 6.54 Å². The van der Waals surface area contributed by atoms with E-state index in [0.717, 1.165) is 0 Å². The average Bonchev–Trinajstić information content (AvgIpc) is 2.74. The lowest BCUT2D eigenvalue weighted by Crippen LogP contribution is -2.34. The van der Waals surface area contributed by atoms with Gasteiger partial charge >= 0.3 is 0 Å². The zero-order valence-corrected chi connectivity index (χ0v) is 8.06. The van der Waals surface area contributed by atoms with E-state index in [1.807, 2.05) is 6.07 Å². The van der Waals surface area contributed by atoms with Crippen molar-refractivity contribution in [3.8, 4) is 6.07 Å². The Morgan fingerprint density at radius 3 is 3.20 bits per heavy atom. The molecule has 0 fully saturated rings. The summed E-state index contributed by atoms with van der Waals surface area (Å²) < 4.78 is 4.54. The average molecular weight is 209 g/mol. The Balaban J connectivity index is 2.02. The maximum atomic E-state index is 11.0. The van der Waals surface area contributed by atoms with Crippen molar-refractivity contribution in [2.45, 2.75) is 6.42 Å². The van der Waals surface area contributed by atoms with E-state index in [1.54, 1.807) is 0 Å². The van der Waals surface area contributed by atoms with Gasteiger partial charge in [0.25, 0.3) is 0 Å². The van der Waals surface area contributed by atoms with Crippen molar-refractivity contribution in [3.05, 3.63) is 12.2 Å². The molecule has 0 spiro atoms. The van der Waals surface area contributed by atoms with Crippen LogP contribution in [0.4, 0.5) is 0 Å². The van der Waals surface area contributed by atoms with Crippen LogP contribution in [0.1, 0.15) is 5.82 Å². The van der Waals surface area contributed by atoms with Gasteiger partial charge in [0, 0.05) is 13.0 Å². The smallest absolute Gasteiger partial charge is 0.234 e. The Hall–Kier alpha value is -1.94. The molecule has 0 radical (unpaired) electrons. The first kappa shape index (κ1) is 11.1. The topological polar surface area (TPSA) is 104 Å². The standard InChI is InChI=1S/C8H11N5O2/c9-2-4-11-8(14)5-10-3-1-7-12-6-15-13-7/h6,10H,1,3-5H2,(H,11,14). The van der Waals surface area contributed by atoms with Crippen molar-refractivity contribution in [1.82, 2.24) is 20.8 Å². The van der Waals surface area contributed by atoms with E-state index in [0.29, 0.717) is 18.8 Å². The van der Waals surface area contributed by atoms with Gasteiger partial charge in [-0.25, -0.2) is 0 Å². The summed E-state index contributed by atoms with van der Waals surface area (Å²) in [6.07, 6.45) is 1.86. The van der Waals surface area contributed by atoms with Crippen LogP contribution in [0.3, 0.4) is 0 Å². The number of aromatic nitrogens is 2. The van der Waals surface area contributed by atoms with Gasteiger partial charge in [0.15, 0.2) is 5.82 Å². The summed E-state index contributed by atoms with van der Waals surface area (Å²) in [5, 5.41) is 17.1. The van der Waals surface area contributed by atoms with Gasteiger partial charge < -0.3 is 15.2 Å². The van der Waals surface area contributed by atoms with Gasteiger partial charge in [-0.05, 0) is 0 Å². The number of amides is 1. The highest BCUT2D eigenvalue weighted by Crippen LogP contribution is 1.87. The second-order valence-electron chi connectivity index (χ2n) is 2.71. The number of carbonyl (C=O) groups excluding carboxylic acids is 1. The predicted octanol–water partition coefficient (Wildman–Crippen LogP) is -1.16. The lowest BCUT2D eigenvalue weighted by atomic mass is 10.4. The van der Waals surface area contributed by atoms with Gasteiger partial charge in [0.2, 0.25) is 12.3 Å². The number of rotatable bonds is 6. The molecule has 7 heteroatoms. The monoisotopic (exact) mass is 209 g/mol. The molecule has 0 aromatic carbocycles. The molecule has 1 aromatic rings. The highest BCUT2D eigenvalue weighted by molar-refractivity contribution is 5.78. The first-order valence-corrected chi connectivity index (χ1v) is 4.42. The van der Waals surface area contributed by atoms with E-state index in [-0.39, 0.29) is 19.0 Å². The number of carbonyl (C=O) groups is 1. The van der Waals surface area contributed by atoms with E-state index >= 15 is 0 Å². The van der Waals surface area contributed by atoms with E-state index in [4.69, 9.17) is 5.26 Å².